The van der Waals surface area contributed by atoms with Crippen molar-refractivity contribution < 1.29 is 14.7 Å². The lowest BCUT2D eigenvalue weighted by molar-refractivity contribution is -0.143. The van der Waals surface area contributed by atoms with Gasteiger partial charge in [-0.15, -0.1) is 0 Å². The minimum Gasteiger partial charge on any atom is -0.481 e. The van der Waals surface area contributed by atoms with E-state index in [1.807, 2.05) is 0 Å². The van der Waals surface area contributed by atoms with Crippen molar-refractivity contribution in [1.29, 1.82) is 0 Å². The molecule has 2 fully saturated rings. The van der Waals surface area contributed by atoms with Crippen LogP contribution in [0.5, 0.6) is 0 Å². The zero-order valence-corrected chi connectivity index (χ0v) is 14.5. The average Bonchev–Trinajstić information content (AvgIpc) is 2.50. The molecule has 2 aliphatic rings. The molecule has 3 atom stereocenters. The zero-order valence-electron chi connectivity index (χ0n) is 14.5. The Balaban J connectivity index is 1.64. The van der Waals surface area contributed by atoms with E-state index in [1.54, 1.807) is 4.90 Å². The molecule has 0 aromatic rings. The van der Waals surface area contributed by atoms with Crippen LogP contribution >= 0.6 is 0 Å². The highest BCUT2D eigenvalue weighted by molar-refractivity contribution is 5.76. The summed E-state index contributed by atoms with van der Waals surface area (Å²) in [6, 6.07) is -0.115. The van der Waals surface area contributed by atoms with E-state index in [0.29, 0.717) is 26.1 Å². The van der Waals surface area contributed by atoms with Crippen molar-refractivity contribution >= 4 is 12.0 Å². The third kappa shape index (κ3) is 5.68. The van der Waals surface area contributed by atoms with Gasteiger partial charge < -0.3 is 20.2 Å². The highest BCUT2D eigenvalue weighted by Gasteiger charge is 2.28. The maximum absolute atomic E-state index is 12.1. The second-order valence-corrected chi connectivity index (χ2v) is 7.41. The number of likely N-dealkylation sites (tertiary alicyclic amines) is 2. The van der Waals surface area contributed by atoms with E-state index in [1.165, 1.54) is 6.42 Å². The van der Waals surface area contributed by atoms with E-state index < -0.39 is 11.9 Å². The summed E-state index contributed by atoms with van der Waals surface area (Å²) in [6.07, 6.45) is 3.70. The van der Waals surface area contributed by atoms with Gasteiger partial charge in [0.25, 0.3) is 0 Å². The molecule has 3 unspecified atom stereocenters. The summed E-state index contributed by atoms with van der Waals surface area (Å²) >= 11 is 0. The predicted octanol–water partition coefficient (Wildman–Crippen LogP) is 1.86. The van der Waals surface area contributed by atoms with Crippen LogP contribution in [0.15, 0.2) is 0 Å². The minimum atomic E-state index is -0.796. The number of hydrogen-bond acceptors (Lipinski definition) is 3. The molecule has 23 heavy (non-hydrogen) atoms. The number of carbonyl (C=O) groups is 2. The first-order chi connectivity index (χ1) is 11.0. The van der Waals surface area contributed by atoms with Crippen LogP contribution in [0, 0.1) is 17.8 Å². The van der Waals surface area contributed by atoms with E-state index >= 15 is 0 Å². The fourth-order valence-corrected chi connectivity index (χ4v) is 3.95. The molecule has 2 saturated heterocycles. The quantitative estimate of drug-likeness (QED) is 0.757. The van der Waals surface area contributed by atoms with Crippen LogP contribution in [0.1, 0.15) is 39.5 Å². The molecule has 2 heterocycles. The number of piperidine rings is 2. The first-order valence-electron chi connectivity index (χ1n) is 8.93. The van der Waals surface area contributed by atoms with Gasteiger partial charge in [0.2, 0.25) is 0 Å². The SMILES string of the molecule is CC1CC(C)CN(CCCNC(=O)N2CCCC(C(=O)O)C2)C1. The number of carboxylic acid groups (broad SMARTS) is 1. The Labute approximate surface area is 139 Å². The van der Waals surface area contributed by atoms with Crippen LogP contribution < -0.4 is 5.32 Å². The van der Waals surface area contributed by atoms with E-state index in [9.17, 15) is 9.59 Å². The molecule has 0 radical (unpaired) electrons. The molecular weight excluding hydrogens is 294 g/mol. The van der Waals surface area contributed by atoms with Crippen molar-refractivity contribution in [2.45, 2.75) is 39.5 Å². The third-order valence-corrected chi connectivity index (χ3v) is 4.93. The van der Waals surface area contributed by atoms with Crippen LogP contribution in [-0.4, -0.2) is 66.2 Å². The Hall–Kier alpha value is -1.30. The molecule has 132 valence electrons. The molecular formula is C17H31N3O3. The van der Waals surface area contributed by atoms with Crippen molar-refractivity contribution in [3.8, 4) is 0 Å². The second kappa shape index (κ2) is 8.52. The fraction of sp³-hybridized carbons (Fsp3) is 0.882. The minimum absolute atomic E-state index is 0.115. The highest BCUT2D eigenvalue weighted by Crippen LogP contribution is 2.20. The van der Waals surface area contributed by atoms with Crippen molar-refractivity contribution in [2.75, 3.05) is 39.3 Å². The summed E-state index contributed by atoms with van der Waals surface area (Å²) in [5, 5.41) is 12.0. The van der Waals surface area contributed by atoms with E-state index in [-0.39, 0.29) is 6.03 Å². The van der Waals surface area contributed by atoms with Gasteiger partial charge >= 0.3 is 12.0 Å². The van der Waals surface area contributed by atoms with E-state index in [0.717, 1.165) is 44.3 Å². The smallest absolute Gasteiger partial charge is 0.317 e. The number of hydrogen-bond donors (Lipinski definition) is 2. The Morgan fingerprint density at radius 2 is 1.87 bits per heavy atom. The molecule has 6 heteroatoms. The van der Waals surface area contributed by atoms with Crippen LogP contribution in [0.2, 0.25) is 0 Å². The van der Waals surface area contributed by atoms with Gasteiger partial charge in [-0.2, -0.15) is 0 Å². The molecule has 6 nitrogen and oxygen atoms in total. The molecule has 0 spiro atoms. The third-order valence-electron chi connectivity index (χ3n) is 4.93. The number of aliphatic carboxylic acids is 1. The van der Waals surface area contributed by atoms with Crippen LogP contribution in [0.3, 0.4) is 0 Å². The first kappa shape index (κ1) is 18.0. The summed E-state index contributed by atoms with van der Waals surface area (Å²) < 4.78 is 0. The Morgan fingerprint density at radius 3 is 2.52 bits per heavy atom. The van der Waals surface area contributed by atoms with Crippen molar-refractivity contribution in [1.82, 2.24) is 15.1 Å². The molecule has 2 rings (SSSR count). The largest absolute Gasteiger partial charge is 0.481 e. The molecule has 2 aliphatic heterocycles. The summed E-state index contributed by atoms with van der Waals surface area (Å²) in [4.78, 5) is 27.3. The van der Waals surface area contributed by atoms with Crippen LogP contribution in [-0.2, 0) is 4.79 Å². The van der Waals surface area contributed by atoms with E-state index in [4.69, 9.17) is 5.11 Å². The number of carboxylic acids is 1. The normalized spacial score (nSPS) is 29.3. The Kier molecular flexibility index (Phi) is 6.69. The fourth-order valence-electron chi connectivity index (χ4n) is 3.95. The predicted molar refractivity (Wildman–Crippen MR) is 89.3 cm³/mol. The molecule has 0 bridgehead atoms. The average molecular weight is 325 g/mol. The van der Waals surface area contributed by atoms with Crippen molar-refractivity contribution in [2.24, 2.45) is 17.8 Å². The van der Waals surface area contributed by atoms with Gasteiger partial charge in [0.05, 0.1) is 5.92 Å². The lowest BCUT2D eigenvalue weighted by Crippen LogP contribution is -2.47. The highest BCUT2D eigenvalue weighted by atomic mass is 16.4. The number of nitrogens with zero attached hydrogens (tertiary/aromatic N) is 2. The number of amides is 2. The Morgan fingerprint density at radius 1 is 1.17 bits per heavy atom. The summed E-state index contributed by atoms with van der Waals surface area (Å²) in [7, 11) is 0. The van der Waals surface area contributed by atoms with Gasteiger partial charge in [-0.05, 0) is 44.1 Å². The lowest BCUT2D eigenvalue weighted by Gasteiger charge is -2.35. The summed E-state index contributed by atoms with van der Waals surface area (Å²) in [6.45, 7) is 9.60. The monoisotopic (exact) mass is 325 g/mol. The van der Waals surface area contributed by atoms with Crippen LogP contribution in [0.25, 0.3) is 0 Å². The lowest BCUT2D eigenvalue weighted by atomic mass is 9.92. The Bertz CT molecular complexity index is 406. The number of rotatable bonds is 5. The van der Waals surface area contributed by atoms with Gasteiger partial charge in [-0.1, -0.05) is 13.8 Å². The number of carbonyl (C=O) groups excluding carboxylic acids is 1. The van der Waals surface area contributed by atoms with Crippen molar-refractivity contribution in [3.05, 3.63) is 0 Å². The molecule has 2 amide bonds. The van der Waals surface area contributed by atoms with E-state index in [2.05, 4.69) is 24.1 Å². The molecule has 2 N–H and O–H groups in total. The summed E-state index contributed by atoms with van der Waals surface area (Å²) in [5.41, 5.74) is 0. The zero-order chi connectivity index (χ0) is 16.8. The van der Waals surface area contributed by atoms with Crippen molar-refractivity contribution in [3.63, 3.8) is 0 Å². The maximum atomic E-state index is 12.1. The maximum Gasteiger partial charge on any atom is 0.317 e. The van der Waals surface area contributed by atoms with Gasteiger partial charge in [-0.3, -0.25) is 4.79 Å². The first-order valence-corrected chi connectivity index (χ1v) is 8.93. The molecule has 0 aliphatic carbocycles. The number of nitrogens with one attached hydrogen (secondary N) is 1. The summed E-state index contributed by atoms with van der Waals surface area (Å²) in [5.74, 6) is 0.311. The van der Waals surface area contributed by atoms with Gasteiger partial charge in [0, 0.05) is 32.7 Å². The molecule has 0 aromatic carbocycles. The second-order valence-electron chi connectivity index (χ2n) is 7.41. The van der Waals surface area contributed by atoms with Crippen LogP contribution in [0.4, 0.5) is 4.79 Å². The van der Waals surface area contributed by atoms with Gasteiger partial charge in [0.15, 0.2) is 0 Å². The number of urea groups is 1. The molecule has 0 saturated carbocycles. The van der Waals surface area contributed by atoms with Gasteiger partial charge in [0.1, 0.15) is 0 Å². The molecule has 0 aromatic heterocycles. The standard InChI is InChI=1S/C17H31N3O3/c1-13-9-14(2)11-19(10-13)7-4-6-18-17(23)20-8-3-5-15(12-20)16(21)22/h13-15H,3-12H2,1-2H3,(H,18,23)(H,21,22). The topological polar surface area (TPSA) is 72.9 Å². The van der Waals surface area contributed by atoms with Gasteiger partial charge in [-0.25, -0.2) is 4.79 Å².